The van der Waals surface area contributed by atoms with Gasteiger partial charge in [0, 0.05) is 19.7 Å². The fraction of sp³-hybridized carbons (Fsp3) is 0.533. The molecule has 1 aromatic rings. The third kappa shape index (κ3) is 4.07. The van der Waals surface area contributed by atoms with Gasteiger partial charge in [-0.05, 0) is 37.5 Å². The summed E-state index contributed by atoms with van der Waals surface area (Å²) in [5.74, 6) is -2.25. The maximum Gasteiger partial charge on any atom is 0.335 e. The minimum atomic E-state index is -4.09. The number of rotatable bonds is 6. The Kier molecular flexibility index (Phi) is 5.72. The second-order valence-corrected chi connectivity index (χ2v) is 7.35. The lowest BCUT2D eigenvalue weighted by Gasteiger charge is -2.31. The van der Waals surface area contributed by atoms with E-state index < -0.39 is 26.7 Å². The molecule has 2 rings (SSSR count). The first-order valence-electron chi connectivity index (χ1n) is 7.51. The van der Waals surface area contributed by atoms with E-state index >= 15 is 0 Å². The molecule has 1 unspecified atom stereocenters. The largest absolute Gasteiger partial charge is 0.478 e. The second-order valence-electron chi connectivity index (χ2n) is 5.45. The summed E-state index contributed by atoms with van der Waals surface area (Å²) in [6, 6.07) is 2.77. The number of carboxylic acids is 1. The molecule has 8 heteroatoms. The Bertz CT molecular complexity index is 676. The Morgan fingerprint density at radius 3 is 2.87 bits per heavy atom. The zero-order valence-corrected chi connectivity index (χ0v) is 13.7. The van der Waals surface area contributed by atoms with Crippen LogP contribution >= 0.6 is 0 Å². The summed E-state index contributed by atoms with van der Waals surface area (Å²) in [7, 11) is -4.09. The Hall–Kier alpha value is -1.51. The van der Waals surface area contributed by atoms with E-state index in [0.29, 0.717) is 13.0 Å². The van der Waals surface area contributed by atoms with Crippen molar-refractivity contribution in [1.29, 1.82) is 0 Å². The van der Waals surface area contributed by atoms with E-state index in [4.69, 9.17) is 9.84 Å². The molecule has 6 nitrogen and oxygen atoms in total. The van der Waals surface area contributed by atoms with Gasteiger partial charge in [0.2, 0.25) is 10.0 Å². The lowest BCUT2D eigenvalue weighted by molar-refractivity contribution is 0.0193. The molecule has 0 radical (unpaired) electrons. The molecule has 1 heterocycles. The van der Waals surface area contributed by atoms with Crippen LogP contribution in [0.3, 0.4) is 0 Å². The Labute approximate surface area is 134 Å². The van der Waals surface area contributed by atoms with Crippen LogP contribution in [-0.4, -0.2) is 49.6 Å². The van der Waals surface area contributed by atoms with Gasteiger partial charge in [-0.2, -0.15) is 4.31 Å². The number of piperidine rings is 1. The van der Waals surface area contributed by atoms with Crippen LogP contribution in [0, 0.1) is 5.82 Å². The van der Waals surface area contributed by atoms with Crippen LogP contribution < -0.4 is 0 Å². The minimum absolute atomic E-state index is 0.152. The number of carboxylic acid groups (broad SMARTS) is 1. The van der Waals surface area contributed by atoms with Crippen LogP contribution in [0.25, 0.3) is 0 Å². The molecule has 1 atom stereocenters. The number of benzene rings is 1. The minimum Gasteiger partial charge on any atom is -0.478 e. The van der Waals surface area contributed by atoms with Crippen LogP contribution in [0.4, 0.5) is 4.39 Å². The van der Waals surface area contributed by atoms with Gasteiger partial charge in [-0.1, -0.05) is 6.92 Å². The van der Waals surface area contributed by atoms with Crippen molar-refractivity contribution in [2.75, 3.05) is 19.7 Å². The number of sulfonamides is 1. The van der Waals surface area contributed by atoms with Crippen LogP contribution in [0.5, 0.6) is 0 Å². The van der Waals surface area contributed by atoms with Crippen molar-refractivity contribution in [2.45, 2.75) is 37.2 Å². The summed E-state index contributed by atoms with van der Waals surface area (Å²) in [4.78, 5) is 10.4. The zero-order valence-electron chi connectivity index (χ0n) is 12.9. The molecule has 1 aliphatic heterocycles. The highest BCUT2D eigenvalue weighted by molar-refractivity contribution is 7.89. The maximum atomic E-state index is 14.0. The van der Waals surface area contributed by atoms with Crippen LogP contribution in [0.2, 0.25) is 0 Å². The number of aromatic carboxylic acids is 1. The number of nitrogens with zero attached hydrogens (tertiary/aromatic N) is 1. The molecule has 1 aliphatic rings. The fourth-order valence-electron chi connectivity index (χ4n) is 2.52. The summed E-state index contributed by atoms with van der Waals surface area (Å²) in [5, 5.41) is 8.96. The first kappa shape index (κ1) is 17.8. The normalized spacial score (nSPS) is 19.7. The third-order valence-corrected chi connectivity index (χ3v) is 5.57. The lowest BCUT2D eigenvalue weighted by atomic mass is 10.1. The van der Waals surface area contributed by atoms with Gasteiger partial charge in [-0.15, -0.1) is 0 Å². The van der Waals surface area contributed by atoms with E-state index in [1.807, 2.05) is 6.92 Å². The van der Waals surface area contributed by atoms with Gasteiger partial charge in [0.25, 0.3) is 0 Å². The monoisotopic (exact) mass is 345 g/mol. The van der Waals surface area contributed by atoms with Gasteiger partial charge >= 0.3 is 5.97 Å². The van der Waals surface area contributed by atoms with Gasteiger partial charge < -0.3 is 9.84 Å². The van der Waals surface area contributed by atoms with Crippen molar-refractivity contribution in [3.05, 3.63) is 29.6 Å². The number of hydrogen-bond acceptors (Lipinski definition) is 4. The molecule has 23 heavy (non-hydrogen) atoms. The molecule has 1 N–H and O–H groups in total. The summed E-state index contributed by atoms with van der Waals surface area (Å²) in [6.07, 6.45) is 1.99. The second kappa shape index (κ2) is 7.37. The molecule has 0 amide bonds. The van der Waals surface area contributed by atoms with Crippen molar-refractivity contribution in [3.63, 3.8) is 0 Å². The quantitative estimate of drug-likeness (QED) is 0.854. The van der Waals surface area contributed by atoms with Crippen molar-refractivity contribution >= 4 is 16.0 Å². The molecule has 1 fully saturated rings. The van der Waals surface area contributed by atoms with Crippen LogP contribution in [0.1, 0.15) is 36.5 Å². The van der Waals surface area contributed by atoms with E-state index in [1.54, 1.807) is 0 Å². The molecular formula is C15H20FNO5S. The predicted octanol–water partition coefficient (Wildman–Crippen LogP) is 2.10. The highest BCUT2D eigenvalue weighted by Gasteiger charge is 2.33. The lowest BCUT2D eigenvalue weighted by Crippen LogP contribution is -2.43. The Balaban J connectivity index is 2.27. The number of carbonyl (C=O) groups is 1. The molecular weight excluding hydrogens is 325 g/mol. The number of hydrogen-bond donors (Lipinski definition) is 1. The summed E-state index contributed by atoms with van der Waals surface area (Å²) >= 11 is 0. The average Bonchev–Trinajstić information content (AvgIpc) is 2.53. The Morgan fingerprint density at radius 1 is 1.48 bits per heavy atom. The predicted molar refractivity (Wildman–Crippen MR) is 81.4 cm³/mol. The number of ether oxygens (including phenoxy) is 1. The van der Waals surface area contributed by atoms with Crippen LogP contribution in [0.15, 0.2) is 23.1 Å². The topological polar surface area (TPSA) is 83.9 Å². The fourth-order valence-corrected chi connectivity index (χ4v) is 4.12. The van der Waals surface area contributed by atoms with E-state index in [1.165, 1.54) is 4.31 Å². The summed E-state index contributed by atoms with van der Waals surface area (Å²) < 4.78 is 46.0. The molecule has 1 aromatic carbocycles. The summed E-state index contributed by atoms with van der Waals surface area (Å²) in [5.41, 5.74) is -0.263. The SMILES string of the molecule is CCCOC1CCCN(S(=O)(=O)c2cc(C(=O)O)ccc2F)C1. The van der Waals surface area contributed by atoms with E-state index in [0.717, 1.165) is 31.0 Å². The first-order valence-corrected chi connectivity index (χ1v) is 8.95. The molecule has 0 spiro atoms. The smallest absolute Gasteiger partial charge is 0.335 e. The summed E-state index contributed by atoms with van der Waals surface area (Å²) in [6.45, 7) is 2.93. The van der Waals surface area contributed by atoms with Gasteiger partial charge in [0.15, 0.2) is 0 Å². The van der Waals surface area contributed by atoms with Gasteiger partial charge in [0.1, 0.15) is 10.7 Å². The maximum absolute atomic E-state index is 14.0. The molecule has 0 aliphatic carbocycles. The molecule has 0 aromatic heterocycles. The highest BCUT2D eigenvalue weighted by Crippen LogP contribution is 2.25. The van der Waals surface area contributed by atoms with E-state index in [-0.39, 0.29) is 24.8 Å². The van der Waals surface area contributed by atoms with Crippen molar-refractivity contribution in [1.82, 2.24) is 4.31 Å². The third-order valence-electron chi connectivity index (χ3n) is 3.69. The van der Waals surface area contributed by atoms with Gasteiger partial charge in [0.05, 0.1) is 11.7 Å². The van der Waals surface area contributed by atoms with Crippen molar-refractivity contribution in [2.24, 2.45) is 0 Å². The van der Waals surface area contributed by atoms with E-state index in [9.17, 15) is 17.6 Å². The zero-order chi connectivity index (χ0) is 17.0. The standard InChI is InChI=1S/C15H20FNO5S/c1-2-8-22-12-4-3-7-17(10-12)23(20,21)14-9-11(15(18)19)5-6-13(14)16/h5-6,9,12H,2-4,7-8,10H2,1H3,(H,18,19). The van der Waals surface area contributed by atoms with Crippen LogP contribution in [-0.2, 0) is 14.8 Å². The molecule has 0 saturated carbocycles. The Morgan fingerprint density at radius 2 is 2.22 bits per heavy atom. The van der Waals surface area contributed by atoms with Gasteiger partial charge in [-0.25, -0.2) is 17.6 Å². The molecule has 0 bridgehead atoms. The average molecular weight is 345 g/mol. The number of halogens is 1. The van der Waals surface area contributed by atoms with Gasteiger partial charge in [-0.3, -0.25) is 0 Å². The molecule has 1 saturated heterocycles. The van der Waals surface area contributed by atoms with Crippen molar-refractivity contribution < 1.29 is 27.4 Å². The van der Waals surface area contributed by atoms with Crippen molar-refractivity contribution in [3.8, 4) is 0 Å². The highest BCUT2D eigenvalue weighted by atomic mass is 32.2. The first-order chi connectivity index (χ1) is 10.9. The molecule has 128 valence electrons. The van der Waals surface area contributed by atoms with E-state index in [2.05, 4.69) is 0 Å².